The standard InChI is InChI=1S/C14H12F3N3O2S/c1-6-5-9(21)19-20-10(6)7-3-4-8(22-2)11-12(7)23-13(18-11)14(15,16)17/h3-5,13,18H,1-2H3,(H,19,21). The van der Waals surface area contributed by atoms with E-state index < -0.39 is 11.6 Å². The Balaban J connectivity index is 2.15. The lowest BCUT2D eigenvalue weighted by atomic mass is 10.1. The van der Waals surface area contributed by atoms with Crippen molar-refractivity contribution in [1.29, 1.82) is 0 Å². The lowest BCUT2D eigenvalue weighted by Crippen LogP contribution is -2.30. The van der Waals surface area contributed by atoms with Crippen molar-refractivity contribution in [2.75, 3.05) is 12.4 Å². The molecular weight excluding hydrogens is 331 g/mol. The van der Waals surface area contributed by atoms with Crippen LogP contribution in [0.5, 0.6) is 5.75 Å². The number of hydrogen-bond donors (Lipinski definition) is 2. The number of fused-ring (bicyclic) bond motifs is 1. The molecule has 0 radical (unpaired) electrons. The minimum Gasteiger partial charge on any atom is -0.495 e. The monoisotopic (exact) mass is 343 g/mol. The molecule has 0 saturated carbocycles. The summed E-state index contributed by atoms with van der Waals surface area (Å²) in [5.74, 6) is 0.324. The molecule has 23 heavy (non-hydrogen) atoms. The smallest absolute Gasteiger partial charge is 0.418 e. The van der Waals surface area contributed by atoms with Crippen LogP contribution in [-0.4, -0.2) is 28.9 Å². The average Bonchev–Trinajstić information content (AvgIpc) is 2.92. The molecule has 5 nitrogen and oxygen atoms in total. The maximum atomic E-state index is 13.0. The topological polar surface area (TPSA) is 67.0 Å². The van der Waals surface area contributed by atoms with E-state index in [0.29, 0.717) is 39.2 Å². The number of aromatic nitrogens is 2. The van der Waals surface area contributed by atoms with Gasteiger partial charge in [0, 0.05) is 16.5 Å². The van der Waals surface area contributed by atoms with Gasteiger partial charge in [0.05, 0.1) is 18.5 Å². The van der Waals surface area contributed by atoms with Gasteiger partial charge in [-0.2, -0.15) is 18.3 Å². The molecule has 0 spiro atoms. The van der Waals surface area contributed by atoms with Crippen LogP contribution >= 0.6 is 11.8 Å². The van der Waals surface area contributed by atoms with Gasteiger partial charge in [-0.05, 0) is 24.6 Å². The Labute approximate surface area is 133 Å². The maximum Gasteiger partial charge on any atom is 0.418 e. The van der Waals surface area contributed by atoms with Crippen molar-refractivity contribution >= 4 is 17.4 Å². The highest BCUT2D eigenvalue weighted by atomic mass is 32.2. The second kappa shape index (κ2) is 5.48. The number of methoxy groups -OCH3 is 1. The van der Waals surface area contributed by atoms with E-state index in [1.807, 2.05) is 0 Å². The molecule has 2 aromatic rings. The third kappa shape index (κ3) is 2.76. The minimum atomic E-state index is -4.40. The first-order chi connectivity index (χ1) is 10.8. The molecule has 0 saturated heterocycles. The third-order valence-electron chi connectivity index (χ3n) is 3.40. The van der Waals surface area contributed by atoms with Crippen molar-refractivity contribution in [3.05, 3.63) is 34.1 Å². The van der Waals surface area contributed by atoms with Crippen LogP contribution < -0.4 is 15.6 Å². The van der Waals surface area contributed by atoms with E-state index in [0.717, 1.165) is 0 Å². The van der Waals surface area contributed by atoms with Crippen LogP contribution in [-0.2, 0) is 0 Å². The molecule has 122 valence electrons. The summed E-state index contributed by atoms with van der Waals surface area (Å²) < 4.78 is 44.3. The van der Waals surface area contributed by atoms with E-state index in [4.69, 9.17) is 4.74 Å². The first-order valence-corrected chi connectivity index (χ1v) is 7.47. The van der Waals surface area contributed by atoms with E-state index >= 15 is 0 Å². The van der Waals surface area contributed by atoms with E-state index in [1.54, 1.807) is 19.1 Å². The fraction of sp³-hybridized carbons (Fsp3) is 0.286. The summed E-state index contributed by atoms with van der Waals surface area (Å²) in [4.78, 5) is 11.7. The maximum absolute atomic E-state index is 13.0. The van der Waals surface area contributed by atoms with Gasteiger partial charge < -0.3 is 10.1 Å². The number of halogens is 3. The van der Waals surface area contributed by atoms with Gasteiger partial charge >= 0.3 is 6.18 Å². The Morgan fingerprint density at radius 1 is 1.35 bits per heavy atom. The molecule has 0 amide bonds. The van der Waals surface area contributed by atoms with Crippen molar-refractivity contribution in [1.82, 2.24) is 10.2 Å². The number of ether oxygens (including phenoxy) is 1. The molecule has 0 bridgehead atoms. The highest BCUT2D eigenvalue weighted by Gasteiger charge is 2.45. The molecule has 1 aliphatic rings. The van der Waals surface area contributed by atoms with Crippen molar-refractivity contribution in [3.8, 4) is 17.0 Å². The molecule has 3 rings (SSSR count). The van der Waals surface area contributed by atoms with Crippen LogP contribution in [0.25, 0.3) is 11.3 Å². The molecule has 2 heterocycles. The van der Waals surface area contributed by atoms with E-state index in [1.165, 1.54) is 13.2 Å². The Bertz CT molecular complexity index is 820. The number of aryl methyl sites for hydroxylation is 1. The van der Waals surface area contributed by atoms with Gasteiger partial charge in [-0.1, -0.05) is 11.8 Å². The van der Waals surface area contributed by atoms with Crippen LogP contribution in [0.3, 0.4) is 0 Å². The van der Waals surface area contributed by atoms with Gasteiger partial charge in [-0.25, -0.2) is 5.10 Å². The van der Waals surface area contributed by atoms with Gasteiger partial charge in [0.1, 0.15) is 5.75 Å². The van der Waals surface area contributed by atoms with Crippen molar-refractivity contribution in [2.24, 2.45) is 0 Å². The average molecular weight is 343 g/mol. The number of nitrogens with one attached hydrogen (secondary N) is 2. The summed E-state index contributed by atoms with van der Waals surface area (Å²) in [6.45, 7) is 1.68. The highest BCUT2D eigenvalue weighted by molar-refractivity contribution is 8.00. The van der Waals surface area contributed by atoms with E-state index in [-0.39, 0.29) is 11.2 Å². The first kappa shape index (κ1) is 15.7. The zero-order valence-corrected chi connectivity index (χ0v) is 12.9. The van der Waals surface area contributed by atoms with Gasteiger partial charge in [-0.3, -0.25) is 4.79 Å². The van der Waals surface area contributed by atoms with E-state index in [2.05, 4.69) is 15.5 Å². The van der Waals surface area contributed by atoms with Crippen molar-refractivity contribution in [2.45, 2.75) is 23.4 Å². The molecule has 1 atom stereocenters. The Hall–Kier alpha value is -2.16. The van der Waals surface area contributed by atoms with Gasteiger partial charge in [-0.15, -0.1) is 0 Å². The number of rotatable bonds is 2. The van der Waals surface area contributed by atoms with Gasteiger partial charge in [0.15, 0.2) is 5.37 Å². The molecule has 0 fully saturated rings. The summed E-state index contributed by atoms with van der Waals surface area (Å²) in [6, 6.07) is 4.57. The summed E-state index contributed by atoms with van der Waals surface area (Å²) in [5.41, 5.74) is 1.44. The molecule has 9 heteroatoms. The normalized spacial score (nSPS) is 16.8. The van der Waals surface area contributed by atoms with Crippen molar-refractivity contribution < 1.29 is 17.9 Å². The predicted molar refractivity (Wildman–Crippen MR) is 80.9 cm³/mol. The minimum absolute atomic E-state index is 0.282. The van der Waals surface area contributed by atoms with Crippen LogP contribution in [0, 0.1) is 6.92 Å². The number of anilines is 1. The molecule has 1 aromatic carbocycles. The Kier molecular flexibility index (Phi) is 3.75. The largest absolute Gasteiger partial charge is 0.495 e. The SMILES string of the molecule is COc1ccc(-c2n[nH]c(=O)cc2C)c2c1NC(C(F)(F)F)S2. The lowest BCUT2D eigenvalue weighted by Gasteiger charge is -2.14. The summed E-state index contributed by atoms with van der Waals surface area (Å²) in [6.07, 6.45) is -4.40. The van der Waals surface area contributed by atoms with Crippen LogP contribution in [0.1, 0.15) is 5.56 Å². The first-order valence-electron chi connectivity index (χ1n) is 6.59. The van der Waals surface area contributed by atoms with Crippen LogP contribution in [0.2, 0.25) is 0 Å². The quantitative estimate of drug-likeness (QED) is 0.877. The number of hydrogen-bond acceptors (Lipinski definition) is 5. The highest BCUT2D eigenvalue weighted by Crippen LogP contribution is 2.52. The number of aromatic amines is 1. The number of nitrogens with zero attached hydrogens (tertiary/aromatic N) is 1. The Morgan fingerprint density at radius 3 is 2.70 bits per heavy atom. The van der Waals surface area contributed by atoms with Crippen LogP contribution in [0.4, 0.5) is 18.9 Å². The molecule has 2 N–H and O–H groups in total. The fourth-order valence-corrected chi connectivity index (χ4v) is 3.49. The summed E-state index contributed by atoms with van der Waals surface area (Å²) in [7, 11) is 1.39. The zero-order valence-electron chi connectivity index (χ0n) is 12.1. The number of H-pyrrole nitrogens is 1. The lowest BCUT2D eigenvalue weighted by molar-refractivity contribution is -0.123. The molecule has 1 unspecified atom stereocenters. The van der Waals surface area contributed by atoms with Gasteiger partial charge in [0.25, 0.3) is 5.56 Å². The summed E-state index contributed by atoms with van der Waals surface area (Å²) in [5, 5.41) is 6.97. The fourth-order valence-electron chi connectivity index (χ4n) is 2.38. The second-order valence-corrected chi connectivity index (χ2v) is 6.08. The van der Waals surface area contributed by atoms with E-state index in [9.17, 15) is 18.0 Å². The Morgan fingerprint density at radius 2 is 2.09 bits per heavy atom. The number of alkyl halides is 3. The van der Waals surface area contributed by atoms with Crippen molar-refractivity contribution in [3.63, 3.8) is 0 Å². The predicted octanol–water partition coefficient (Wildman–Crippen LogP) is 3.16. The van der Waals surface area contributed by atoms with Crippen LogP contribution in [0.15, 0.2) is 27.9 Å². The third-order valence-corrected chi connectivity index (χ3v) is 4.68. The molecule has 1 aliphatic heterocycles. The number of thioether (sulfide) groups is 1. The summed E-state index contributed by atoms with van der Waals surface area (Å²) >= 11 is 0.659. The molecule has 0 aliphatic carbocycles. The zero-order chi connectivity index (χ0) is 16.8. The number of benzene rings is 1. The molecule has 1 aromatic heterocycles. The molecular formula is C14H12F3N3O2S. The second-order valence-electron chi connectivity index (χ2n) is 4.97. The van der Waals surface area contributed by atoms with Gasteiger partial charge in [0.2, 0.25) is 0 Å².